The number of alkyl halides is 2. The van der Waals surface area contributed by atoms with Gasteiger partial charge in [0, 0.05) is 12.1 Å². The molecule has 0 heterocycles. The number of aliphatic hydroxyl groups excluding tert-OH is 1. The minimum absolute atomic E-state index is 0.192. The van der Waals surface area contributed by atoms with Crippen molar-refractivity contribution in [2.75, 3.05) is 30.7 Å². The summed E-state index contributed by atoms with van der Waals surface area (Å²) in [6.45, 7) is 0.306. The summed E-state index contributed by atoms with van der Waals surface area (Å²) in [6.07, 6.45) is 0. The van der Waals surface area contributed by atoms with Gasteiger partial charge in [0.05, 0.1) is 17.9 Å². The fourth-order valence-corrected chi connectivity index (χ4v) is 1.41. The predicted octanol–water partition coefficient (Wildman–Crippen LogP) is 1.06. The minimum atomic E-state index is -3.22. The van der Waals surface area contributed by atoms with E-state index >= 15 is 0 Å². The summed E-state index contributed by atoms with van der Waals surface area (Å²) in [7, 11) is 0. The van der Waals surface area contributed by atoms with Crippen molar-refractivity contribution in [3.8, 4) is 0 Å². The molecule has 7 heteroatoms. The van der Waals surface area contributed by atoms with E-state index in [-0.39, 0.29) is 11.6 Å². The van der Waals surface area contributed by atoms with Crippen LogP contribution in [-0.2, 0) is 0 Å². The number of aliphatic hydroxyl groups is 1. The quantitative estimate of drug-likeness (QED) is 0.584. The summed E-state index contributed by atoms with van der Waals surface area (Å²) < 4.78 is 25.7. The normalized spacial score (nSPS) is 11.2. The topological polar surface area (TPSA) is 87.4 Å². The van der Waals surface area contributed by atoms with Crippen molar-refractivity contribution in [2.45, 2.75) is 12.8 Å². The molecule has 0 atom stereocenters. The Morgan fingerprint density at radius 1 is 1.47 bits per heavy atom. The molecular formula is C12H17F2N3O2. The number of nitrogens with two attached hydrogens (primary N) is 1. The fraction of sp³-hybridized carbons (Fsp3) is 0.417. The average Bonchev–Trinajstić information content (AvgIpc) is 2.37. The third-order valence-corrected chi connectivity index (χ3v) is 2.42. The number of hydrogen-bond acceptors (Lipinski definition) is 4. The number of hydrogen-bond donors (Lipinski definition) is 4. The van der Waals surface area contributed by atoms with E-state index < -0.39 is 19.1 Å². The number of halogens is 2. The van der Waals surface area contributed by atoms with Gasteiger partial charge in [-0.05, 0) is 25.1 Å². The van der Waals surface area contributed by atoms with Gasteiger partial charge in [-0.25, -0.2) is 8.78 Å². The summed E-state index contributed by atoms with van der Waals surface area (Å²) >= 11 is 0. The molecular weight excluding hydrogens is 256 g/mol. The Kier molecular flexibility index (Phi) is 5.05. The van der Waals surface area contributed by atoms with Crippen LogP contribution in [0.4, 0.5) is 20.2 Å². The van der Waals surface area contributed by atoms with Gasteiger partial charge in [0.15, 0.2) is 0 Å². The van der Waals surface area contributed by atoms with Crippen LogP contribution in [0, 0.1) is 0 Å². The maximum absolute atomic E-state index is 12.9. The Labute approximate surface area is 109 Å². The molecule has 1 aromatic carbocycles. The molecule has 5 N–H and O–H groups in total. The lowest BCUT2D eigenvalue weighted by Crippen LogP contribution is -2.31. The molecule has 1 amide bonds. The summed E-state index contributed by atoms with van der Waals surface area (Å²) in [4.78, 5) is 11.5. The van der Waals surface area contributed by atoms with E-state index in [0.717, 1.165) is 0 Å². The van der Waals surface area contributed by atoms with Crippen molar-refractivity contribution in [1.82, 2.24) is 5.32 Å². The molecule has 0 saturated carbocycles. The molecule has 1 rings (SSSR count). The zero-order valence-corrected chi connectivity index (χ0v) is 10.5. The van der Waals surface area contributed by atoms with Gasteiger partial charge in [0.25, 0.3) is 11.8 Å². The van der Waals surface area contributed by atoms with Gasteiger partial charge in [-0.3, -0.25) is 4.79 Å². The second-order valence-electron chi connectivity index (χ2n) is 4.03. The largest absolute Gasteiger partial charge is 0.397 e. The van der Waals surface area contributed by atoms with Gasteiger partial charge < -0.3 is 21.5 Å². The lowest BCUT2D eigenvalue weighted by Gasteiger charge is -2.16. The van der Waals surface area contributed by atoms with Crippen molar-refractivity contribution in [3.05, 3.63) is 23.8 Å². The zero-order chi connectivity index (χ0) is 14.5. The number of carbonyl (C=O) groups is 1. The third kappa shape index (κ3) is 4.36. The van der Waals surface area contributed by atoms with Crippen LogP contribution in [0.2, 0.25) is 0 Å². The molecule has 0 fully saturated rings. The summed E-state index contributed by atoms with van der Waals surface area (Å²) in [5.41, 5.74) is 6.52. The monoisotopic (exact) mass is 273 g/mol. The van der Waals surface area contributed by atoms with Gasteiger partial charge in [-0.15, -0.1) is 0 Å². The second kappa shape index (κ2) is 6.33. The van der Waals surface area contributed by atoms with Gasteiger partial charge >= 0.3 is 0 Å². The van der Waals surface area contributed by atoms with Gasteiger partial charge in [0.2, 0.25) is 0 Å². The molecule has 0 unspecified atom stereocenters. The second-order valence-corrected chi connectivity index (χ2v) is 4.03. The molecule has 0 aliphatic heterocycles. The first-order valence-corrected chi connectivity index (χ1v) is 5.80. The Bertz CT molecular complexity index is 453. The molecule has 0 aromatic heterocycles. The van der Waals surface area contributed by atoms with E-state index in [4.69, 9.17) is 10.8 Å². The maximum Gasteiger partial charge on any atom is 0.287 e. The first kappa shape index (κ1) is 15.2. The lowest BCUT2D eigenvalue weighted by molar-refractivity contribution is -0.0372. The number of benzene rings is 1. The fourth-order valence-electron chi connectivity index (χ4n) is 1.41. The maximum atomic E-state index is 12.9. The molecule has 0 aliphatic carbocycles. The van der Waals surface area contributed by atoms with Gasteiger partial charge in [0.1, 0.15) is 6.61 Å². The van der Waals surface area contributed by atoms with Crippen LogP contribution in [0.3, 0.4) is 0 Å². The van der Waals surface area contributed by atoms with Crippen molar-refractivity contribution in [1.29, 1.82) is 0 Å². The van der Waals surface area contributed by atoms with Crippen LogP contribution in [0.5, 0.6) is 0 Å². The van der Waals surface area contributed by atoms with E-state index in [1.165, 1.54) is 18.2 Å². The molecule has 5 nitrogen and oxygen atoms in total. The van der Waals surface area contributed by atoms with Crippen LogP contribution in [-0.4, -0.2) is 36.6 Å². The highest BCUT2D eigenvalue weighted by molar-refractivity contribution is 5.96. The standard InChI is InChI=1S/C12H17F2N3O2/c1-2-16-11(19)8-3-4-10(9(15)5-8)17-6-12(13,14)7-18/h3-5,17-18H,2,6-7,15H2,1H3,(H,16,19). The highest BCUT2D eigenvalue weighted by Gasteiger charge is 2.27. The Morgan fingerprint density at radius 3 is 2.68 bits per heavy atom. The molecule has 0 spiro atoms. The number of anilines is 2. The molecule has 1 aromatic rings. The minimum Gasteiger partial charge on any atom is -0.397 e. The molecule has 0 radical (unpaired) electrons. The highest BCUT2D eigenvalue weighted by Crippen LogP contribution is 2.22. The number of nitrogen functional groups attached to an aromatic ring is 1. The van der Waals surface area contributed by atoms with E-state index in [9.17, 15) is 13.6 Å². The van der Waals surface area contributed by atoms with Crippen LogP contribution >= 0.6 is 0 Å². The van der Waals surface area contributed by atoms with Crippen LogP contribution in [0.25, 0.3) is 0 Å². The summed E-state index contributed by atoms with van der Waals surface area (Å²) in [5, 5.41) is 13.5. The molecule has 0 aliphatic rings. The Balaban J connectivity index is 2.75. The van der Waals surface area contributed by atoms with Crippen LogP contribution in [0.15, 0.2) is 18.2 Å². The number of nitrogens with one attached hydrogen (secondary N) is 2. The molecule has 0 bridgehead atoms. The summed E-state index contributed by atoms with van der Waals surface area (Å²) in [6, 6.07) is 4.35. The van der Waals surface area contributed by atoms with Crippen molar-refractivity contribution in [2.24, 2.45) is 0 Å². The Hall–Kier alpha value is -1.89. The SMILES string of the molecule is CCNC(=O)c1ccc(NCC(F)(F)CO)c(N)c1. The van der Waals surface area contributed by atoms with E-state index in [2.05, 4.69) is 10.6 Å². The van der Waals surface area contributed by atoms with Crippen molar-refractivity contribution in [3.63, 3.8) is 0 Å². The van der Waals surface area contributed by atoms with Crippen LogP contribution in [0.1, 0.15) is 17.3 Å². The Morgan fingerprint density at radius 2 is 2.16 bits per heavy atom. The molecule has 0 saturated heterocycles. The van der Waals surface area contributed by atoms with E-state index in [1.807, 2.05) is 0 Å². The first-order valence-electron chi connectivity index (χ1n) is 5.80. The smallest absolute Gasteiger partial charge is 0.287 e. The molecule has 106 valence electrons. The first-order chi connectivity index (χ1) is 8.89. The van der Waals surface area contributed by atoms with Crippen molar-refractivity contribution >= 4 is 17.3 Å². The molecule has 19 heavy (non-hydrogen) atoms. The number of carbonyl (C=O) groups excluding carboxylic acids is 1. The lowest BCUT2D eigenvalue weighted by atomic mass is 10.1. The average molecular weight is 273 g/mol. The number of rotatable bonds is 6. The predicted molar refractivity (Wildman–Crippen MR) is 69.4 cm³/mol. The van der Waals surface area contributed by atoms with Gasteiger partial charge in [-0.1, -0.05) is 0 Å². The van der Waals surface area contributed by atoms with E-state index in [0.29, 0.717) is 17.8 Å². The zero-order valence-electron chi connectivity index (χ0n) is 10.5. The summed E-state index contributed by atoms with van der Waals surface area (Å²) in [5.74, 6) is -3.49. The highest BCUT2D eigenvalue weighted by atomic mass is 19.3. The van der Waals surface area contributed by atoms with Crippen LogP contribution < -0.4 is 16.4 Å². The third-order valence-electron chi connectivity index (χ3n) is 2.42. The van der Waals surface area contributed by atoms with E-state index in [1.54, 1.807) is 6.92 Å². The van der Waals surface area contributed by atoms with Gasteiger partial charge in [-0.2, -0.15) is 0 Å². The number of amides is 1. The van der Waals surface area contributed by atoms with Crippen molar-refractivity contribution < 1.29 is 18.7 Å².